The second-order valence-corrected chi connectivity index (χ2v) is 11.7. The Labute approximate surface area is 243 Å². The molecule has 0 radical (unpaired) electrons. The van der Waals surface area contributed by atoms with Crippen LogP contribution in [0.25, 0.3) is 0 Å². The molecule has 41 heavy (non-hydrogen) atoms. The molecule has 0 spiro atoms. The van der Waals surface area contributed by atoms with Gasteiger partial charge in [0.05, 0.1) is 16.1 Å². The highest BCUT2D eigenvalue weighted by Gasteiger charge is 2.35. The molecule has 12 heteroatoms. The van der Waals surface area contributed by atoms with E-state index in [2.05, 4.69) is 5.32 Å². The lowest BCUT2D eigenvalue weighted by molar-refractivity contribution is -0.139. The van der Waals surface area contributed by atoms with Crippen LogP contribution < -0.4 is 9.62 Å². The van der Waals surface area contributed by atoms with Gasteiger partial charge in [0.25, 0.3) is 10.0 Å². The minimum Gasteiger partial charge on any atom is -0.354 e. The quantitative estimate of drug-likeness (QED) is 0.297. The number of nitrogens with zero attached hydrogens (tertiary/aromatic N) is 2. The maximum absolute atomic E-state index is 13.9. The third kappa shape index (κ3) is 8.01. The normalized spacial score (nSPS) is 12.5. The monoisotopic (exact) mass is 609 g/mol. The van der Waals surface area contributed by atoms with Gasteiger partial charge < -0.3 is 10.2 Å². The number of alkyl halides is 3. The van der Waals surface area contributed by atoms with Gasteiger partial charge in [-0.3, -0.25) is 13.9 Å². The lowest BCUT2D eigenvalue weighted by atomic mass is 10.1. The van der Waals surface area contributed by atoms with E-state index >= 15 is 0 Å². The molecule has 0 bridgehead atoms. The van der Waals surface area contributed by atoms with E-state index in [0.717, 1.165) is 22.6 Å². The molecule has 0 fully saturated rings. The molecule has 1 atom stereocenters. The van der Waals surface area contributed by atoms with Crippen molar-refractivity contribution in [1.82, 2.24) is 10.2 Å². The highest BCUT2D eigenvalue weighted by Crippen LogP contribution is 2.33. The van der Waals surface area contributed by atoms with Crippen molar-refractivity contribution in [3.05, 3.63) is 94.5 Å². The molecule has 0 aliphatic rings. The molecule has 0 unspecified atom stereocenters. The minimum atomic E-state index is -4.75. The highest BCUT2D eigenvalue weighted by atomic mass is 35.5. The van der Waals surface area contributed by atoms with Gasteiger partial charge >= 0.3 is 6.18 Å². The zero-order valence-corrected chi connectivity index (χ0v) is 24.4. The molecule has 0 saturated heterocycles. The third-order valence-electron chi connectivity index (χ3n) is 6.36. The summed E-state index contributed by atoms with van der Waals surface area (Å²) in [5, 5.41) is 3.04. The van der Waals surface area contributed by atoms with Gasteiger partial charge in [-0.1, -0.05) is 60.5 Å². The van der Waals surface area contributed by atoms with Crippen LogP contribution in [0.15, 0.2) is 77.7 Å². The number of halogens is 4. The number of benzene rings is 3. The second kappa shape index (κ2) is 13.4. The van der Waals surface area contributed by atoms with Crippen molar-refractivity contribution in [2.75, 3.05) is 17.4 Å². The zero-order chi connectivity index (χ0) is 30.4. The first kappa shape index (κ1) is 32.0. The van der Waals surface area contributed by atoms with E-state index in [4.69, 9.17) is 11.6 Å². The molecule has 220 valence electrons. The summed E-state index contributed by atoms with van der Waals surface area (Å²) in [6.07, 6.45) is -4.10. The highest BCUT2D eigenvalue weighted by molar-refractivity contribution is 7.92. The molecule has 7 nitrogen and oxygen atoms in total. The number of carbonyl (C=O) groups excluding carboxylic acids is 2. The summed E-state index contributed by atoms with van der Waals surface area (Å²) in [5.74, 6) is -1.28. The number of aryl methyl sites for hydroxylation is 1. The SMILES string of the molecule is CCCNC(=O)[C@H](C)N(Cc1ccccc1Cl)C(=O)CN(c1cccc(C(F)(F)F)c1)S(=O)(=O)c1ccc(C)cc1. The van der Waals surface area contributed by atoms with Crippen LogP contribution in [0.3, 0.4) is 0 Å². The van der Waals surface area contributed by atoms with Gasteiger partial charge in [-0.05, 0) is 62.2 Å². The molecule has 3 aromatic carbocycles. The van der Waals surface area contributed by atoms with Gasteiger partial charge in [-0.15, -0.1) is 0 Å². The van der Waals surface area contributed by atoms with Crippen molar-refractivity contribution in [2.24, 2.45) is 0 Å². The Hall–Kier alpha value is -3.57. The van der Waals surface area contributed by atoms with E-state index < -0.39 is 46.2 Å². The van der Waals surface area contributed by atoms with Crippen LogP contribution in [0.2, 0.25) is 5.02 Å². The number of rotatable bonds is 11. The maximum Gasteiger partial charge on any atom is 0.416 e. The van der Waals surface area contributed by atoms with Gasteiger partial charge in [0.15, 0.2) is 0 Å². The molecular weight excluding hydrogens is 579 g/mol. The van der Waals surface area contributed by atoms with Gasteiger partial charge in [-0.25, -0.2) is 8.42 Å². The van der Waals surface area contributed by atoms with Crippen molar-refractivity contribution in [3.8, 4) is 0 Å². The number of hydrogen-bond acceptors (Lipinski definition) is 4. The van der Waals surface area contributed by atoms with Gasteiger partial charge in [0, 0.05) is 18.1 Å². The molecule has 0 saturated carbocycles. The number of nitrogens with one attached hydrogen (secondary N) is 1. The van der Waals surface area contributed by atoms with E-state index in [0.29, 0.717) is 33.9 Å². The lowest BCUT2D eigenvalue weighted by Gasteiger charge is -2.32. The summed E-state index contributed by atoms with van der Waals surface area (Å²) in [4.78, 5) is 27.7. The third-order valence-corrected chi connectivity index (χ3v) is 8.52. The van der Waals surface area contributed by atoms with Crippen LogP contribution in [0, 0.1) is 6.92 Å². The van der Waals surface area contributed by atoms with Gasteiger partial charge in [-0.2, -0.15) is 13.2 Å². The summed E-state index contributed by atoms with van der Waals surface area (Å²) in [6.45, 7) is 4.45. The predicted molar refractivity (Wildman–Crippen MR) is 152 cm³/mol. The van der Waals surface area contributed by atoms with Crippen molar-refractivity contribution in [3.63, 3.8) is 0 Å². The topological polar surface area (TPSA) is 86.8 Å². The fourth-order valence-electron chi connectivity index (χ4n) is 3.99. The molecular formula is C29H31ClF3N3O4S. The van der Waals surface area contributed by atoms with E-state index in [9.17, 15) is 31.2 Å². The van der Waals surface area contributed by atoms with Gasteiger partial charge in [0.1, 0.15) is 12.6 Å². The van der Waals surface area contributed by atoms with Crippen molar-refractivity contribution >= 4 is 39.1 Å². The molecule has 0 heterocycles. The largest absolute Gasteiger partial charge is 0.416 e. The van der Waals surface area contributed by atoms with E-state index in [1.54, 1.807) is 43.3 Å². The van der Waals surface area contributed by atoms with Crippen LogP contribution in [-0.4, -0.2) is 44.3 Å². The van der Waals surface area contributed by atoms with E-state index in [1.807, 2.05) is 6.92 Å². The average molecular weight is 610 g/mol. The first-order valence-corrected chi connectivity index (χ1v) is 14.6. The summed E-state index contributed by atoms with van der Waals surface area (Å²) < 4.78 is 68.9. The molecule has 3 aromatic rings. The molecule has 1 N–H and O–H groups in total. The summed E-state index contributed by atoms with van der Waals surface area (Å²) >= 11 is 6.32. The molecule has 0 aromatic heterocycles. The Bertz CT molecular complexity index is 1480. The fraction of sp³-hybridized carbons (Fsp3) is 0.310. The van der Waals surface area contributed by atoms with Crippen LogP contribution in [0.1, 0.15) is 37.0 Å². The smallest absolute Gasteiger partial charge is 0.354 e. The lowest BCUT2D eigenvalue weighted by Crippen LogP contribution is -2.51. The van der Waals surface area contributed by atoms with E-state index in [-0.39, 0.29) is 17.1 Å². The summed E-state index contributed by atoms with van der Waals surface area (Å²) in [7, 11) is -4.51. The van der Waals surface area contributed by atoms with Crippen molar-refractivity contribution < 1.29 is 31.2 Å². The maximum atomic E-state index is 13.9. The zero-order valence-electron chi connectivity index (χ0n) is 22.8. The molecule has 3 rings (SSSR count). The van der Waals surface area contributed by atoms with Gasteiger partial charge in [0.2, 0.25) is 11.8 Å². The predicted octanol–water partition coefficient (Wildman–Crippen LogP) is 5.81. The van der Waals surface area contributed by atoms with Crippen LogP contribution in [0.5, 0.6) is 0 Å². The fourth-order valence-corrected chi connectivity index (χ4v) is 5.59. The molecule has 0 aliphatic carbocycles. The number of amides is 2. The number of hydrogen-bond donors (Lipinski definition) is 1. The first-order valence-electron chi connectivity index (χ1n) is 12.8. The van der Waals surface area contributed by atoms with Crippen LogP contribution in [-0.2, 0) is 32.3 Å². The van der Waals surface area contributed by atoms with Crippen molar-refractivity contribution in [1.29, 1.82) is 0 Å². The standard InChI is InChI=1S/C29H31ClF3N3O4S/c1-4-16-34-28(38)21(3)35(18-22-8-5-6-11-26(22)30)27(37)19-36(24-10-7-9-23(17-24)29(31,32)33)41(39,40)25-14-12-20(2)13-15-25/h5-15,17,21H,4,16,18-19H2,1-3H3,(H,34,38)/t21-/m0/s1. The number of sulfonamides is 1. The Morgan fingerprint density at radius 1 is 1.00 bits per heavy atom. The minimum absolute atomic E-state index is 0.139. The van der Waals surface area contributed by atoms with Crippen LogP contribution in [0.4, 0.5) is 18.9 Å². The number of carbonyl (C=O) groups is 2. The average Bonchev–Trinajstić information content (AvgIpc) is 2.93. The first-order chi connectivity index (χ1) is 19.3. The Morgan fingerprint density at radius 2 is 1.66 bits per heavy atom. The van der Waals surface area contributed by atoms with Crippen molar-refractivity contribution in [2.45, 2.75) is 50.9 Å². The van der Waals surface area contributed by atoms with Crippen LogP contribution >= 0.6 is 11.6 Å². The second-order valence-electron chi connectivity index (χ2n) is 9.45. The molecule has 0 aliphatic heterocycles. The Balaban J connectivity index is 2.09. The Kier molecular flexibility index (Phi) is 10.4. The van der Waals surface area contributed by atoms with E-state index in [1.165, 1.54) is 25.1 Å². The Morgan fingerprint density at radius 3 is 2.27 bits per heavy atom. The summed E-state index contributed by atoms with van der Waals surface area (Å²) in [6, 6.07) is 15.1. The summed E-state index contributed by atoms with van der Waals surface area (Å²) in [5.41, 5.74) is -0.158. The molecule has 2 amide bonds. The number of anilines is 1.